The first-order chi connectivity index (χ1) is 9.63. The summed E-state index contributed by atoms with van der Waals surface area (Å²) in [5.74, 6) is -0.219. The van der Waals surface area contributed by atoms with Crippen LogP contribution < -0.4 is 10.6 Å². The Kier molecular flexibility index (Phi) is 4.74. The van der Waals surface area contributed by atoms with Crippen molar-refractivity contribution in [1.29, 1.82) is 0 Å². The van der Waals surface area contributed by atoms with Gasteiger partial charge in [0.1, 0.15) is 5.82 Å². The summed E-state index contributed by atoms with van der Waals surface area (Å²) in [7, 11) is 0. The molecule has 106 valence electrons. The van der Waals surface area contributed by atoms with Crippen LogP contribution in [-0.2, 0) is 13.1 Å². The van der Waals surface area contributed by atoms with Crippen LogP contribution in [0, 0.1) is 12.7 Å². The van der Waals surface area contributed by atoms with Gasteiger partial charge in [0, 0.05) is 25.3 Å². The number of nitrogens with zero attached hydrogens (tertiary/aromatic N) is 1. The van der Waals surface area contributed by atoms with Gasteiger partial charge in [0.15, 0.2) is 0 Å². The molecular weight excluding hydrogens is 251 g/mol. The fraction of sp³-hybridized carbons (Fsp3) is 0.294. The van der Waals surface area contributed by atoms with Gasteiger partial charge in [0.05, 0.1) is 0 Å². The summed E-state index contributed by atoms with van der Waals surface area (Å²) in [6.45, 7) is 6.12. The Morgan fingerprint density at radius 1 is 1.10 bits per heavy atom. The van der Waals surface area contributed by atoms with Crippen LogP contribution in [0.15, 0.2) is 42.5 Å². The molecule has 0 fully saturated rings. The molecule has 0 radical (unpaired) electrons. The van der Waals surface area contributed by atoms with Crippen LogP contribution in [0.2, 0.25) is 0 Å². The van der Waals surface area contributed by atoms with E-state index in [2.05, 4.69) is 30.9 Å². The van der Waals surface area contributed by atoms with Gasteiger partial charge in [-0.1, -0.05) is 24.3 Å². The number of benzene rings is 2. The van der Waals surface area contributed by atoms with Crippen molar-refractivity contribution in [1.82, 2.24) is 0 Å². The summed E-state index contributed by atoms with van der Waals surface area (Å²) in [6.07, 6.45) is 0. The summed E-state index contributed by atoms with van der Waals surface area (Å²) in [6, 6.07) is 13.3. The molecule has 2 N–H and O–H groups in total. The molecule has 0 bridgehead atoms. The zero-order valence-corrected chi connectivity index (χ0v) is 12.1. The van der Waals surface area contributed by atoms with E-state index in [4.69, 9.17) is 5.73 Å². The highest BCUT2D eigenvalue weighted by molar-refractivity contribution is 5.53. The highest BCUT2D eigenvalue weighted by Crippen LogP contribution is 2.22. The van der Waals surface area contributed by atoms with Gasteiger partial charge >= 0.3 is 0 Å². The summed E-state index contributed by atoms with van der Waals surface area (Å²) < 4.78 is 13.6. The molecule has 0 saturated heterocycles. The third kappa shape index (κ3) is 3.36. The monoisotopic (exact) mass is 272 g/mol. The average Bonchev–Trinajstić information content (AvgIpc) is 2.45. The first-order valence-corrected chi connectivity index (χ1v) is 6.93. The van der Waals surface area contributed by atoms with Gasteiger partial charge in [-0.25, -0.2) is 4.39 Å². The topological polar surface area (TPSA) is 29.3 Å². The fourth-order valence-electron chi connectivity index (χ4n) is 2.43. The van der Waals surface area contributed by atoms with Crippen molar-refractivity contribution < 1.29 is 4.39 Å². The molecule has 0 spiro atoms. The molecule has 2 nitrogen and oxygen atoms in total. The lowest BCUT2D eigenvalue weighted by molar-refractivity contribution is 0.622. The lowest BCUT2D eigenvalue weighted by Gasteiger charge is -2.25. The minimum absolute atomic E-state index is 0.219. The Balaban J connectivity index is 2.27. The maximum Gasteiger partial charge on any atom is 0.123 e. The molecule has 3 heteroatoms. The van der Waals surface area contributed by atoms with Crippen molar-refractivity contribution in [2.24, 2.45) is 5.73 Å². The predicted molar refractivity (Wildman–Crippen MR) is 82.2 cm³/mol. The molecule has 2 aromatic rings. The van der Waals surface area contributed by atoms with E-state index in [1.165, 1.54) is 17.3 Å². The Labute approximate surface area is 120 Å². The summed E-state index contributed by atoms with van der Waals surface area (Å²) in [5, 5.41) is 0. The van der Waals surface area contributed by atoms with E-state index in [-0.39, 0.29) is 5.82 Å². The van der Waals surface area contributed by atoms with E-state index >= 15 is 0 Å². The van der Waals surface area contributed by atoms with Crippen molar-refractivity contribution >= 4 is 5.69 Å². The molecule has 0 aliphatic rings. The zero-order chi connectivity index (χ0) is 14.5. The number of rotatable bonds is 5. The second-order valence-corrected chi connectivity index (χ2v) is 4.97. The minimum atomic E-state index is -0.219. The molecule has 2 aromatic carbocycles. The van der Waals surface area contributed by atoms with Gasteiger partial charge in [-0.2, -0.15) is 0 Å². The Morgan fingerprint density at radius 2 is 1.80 bits per heavy atom. The quantitative estimate of drug-likeness (QED) is 0.900. The van der Waals surface area contributed by atoms with Crippen molar-refractivity contribution in [2.75, 3.05) is 11.4 Å². The van der Waals surface area contributed by atoms with E-state index in [0.29, 0.717) is 13.1 Å². The molecule has 20 heavy (non-hydrogen) atoms. The first kappa shape index (κ1) is 14.5. The Morgan fingerprint density at radius 3 is 2.45 bits per heavy atom. The van der Waals surface area contributed by atoms with Gasteiger partial charge in [-0.3, -0.25) is 0 Å². The summed E-state index contributed by atoms with van der Waals surface area (Å²) >= 11 is 0. The van der Waals surface area contributed by atoms with Crippen LogP contribution in [0.3, 0.4) is 0 Å². The van der Waals surface area contributed by atoms with Crippen LogP contribution >= 0.6 is 0 Å². The van der Waals surface area contributed by atoms with E-state index in [1.54, 1.807) is 6.07 Å². The van der Waals surface area contributed by atoms with Gasteiger partial charge in [-0.15, -0.1) is 0 Å². The van der Waals surface area contributed by atoms with Crippen LogP contribution in [0.1, 0.15) is 23.6 Å². The standard InChI is InChI=1S/C17H21FN2/c1-3-20(17-7-5-4-6-13(17)2)12-15-8-14(11-19)9-16(18)10-15/h4-10H,3,11-12,19H2,1-2H3. The molecule has 0 aliphatic heterocycles. The van der Waals surface area contributed by atoms with Crippen molar-refractivity contribution in [2.45, 2.75) is 26.9 Å². The van der Waals surface area contributed by atoms with Crippen molar-refractivity contribution in [3.8, 4) is 0 Å². The van der Waals surface area contributed by atoms with E-state index in [9.17, 15) is 4.39 Å². The summed E-state index contributed by atoms with van der Waals surface area (Å²) in [5.41, 5.74) is 9.81. The highest BCUT2D eigenvalue weighted by atomic mass is 19.1. The maximum absolute atomic E-state index is 13.6. The fourth-order valence-corrected chi connectivity index (χ4v) is 2.43. The number of hydrogen-bond donors (Lipinski definition) is 1. The van der Waals surface area contributed by atoms with Crippen LogP contribution in [-0.4, -0.2) is 6.54 Å². The van der Waals surface area contributed by atoms with Crippen molar-refractivity contribution in [3.63, 3.8) is 0 Å². The van der Waals surface area contributed by atoms with E-state index in [0.717, 1.165) is 17.7 Å². The van der Waals surface area contributed by atoms with Crippen LogP contribution in [0.4, 0.5) is 10.1 Å². The third-order valence-corrected chi connectivity index (χ3v) is 3.46. The predicted octanol–water partition coefficient (Wildman–Crippen LogP) is 3.62. The molecule has 0 atom stereocenters. The lowest BCUT2D eigenvalue weighted by Crippen LogP contribution is -2.23. The number of halogens is 1. The first-order valence-electron chi connectivity index (χ1n) is 6.93. The second-order valence-electron chi connectivity index (χ2n) is 4.97. The van der Waals surface area contributed by atoms with Gasteiger partial charge in [0.25, 0.3) is 0 Å². The molecule has 0 saturated carbocycles. The number of anilines is 1. The normalized spacial score (nSPS) is 10.6. The van der Waals surface area contributed by atoms with E-state index < -0.39 is 0 Å². The average molecular weight is 272 g/mol. The maximum atomic E-state index is 13.6. The van der Waals surface area contributed by atoms with Gasteiger partial charge in [0.2, 0.25) is 0 Å². The Hall–Kier alpha value is -1.87. The number of para-hydroxylation sites is 1. The summed E-state index contributed by atoms with van der Waals surface area (Å²) in [4.78, 5) is 2.24. The largest absolute Gasteiger partial charge is 0.367 e. The smallest absolute Gasteiger partial charge is 0.123 e. The number of nitrogens with two attached hydrogens (primary N) is 1. The second kappa shape index (κ2) is 6.53. The molecule has 2 rings (SSSR count). The lowest BCUT2D eigenvalue weighted by atomic mass is 10.1. The molecule has 0 amide bonds. The number of hydrogen-bond acceptors (Lipinski definition) is 2. The third-order valence-electron chi connectivity index (χ3n) is 3.46. The van der Waals surface area contributed by atoms with Crippen molar-refractivity contribution in [3.05, 3.63) is 65.0 Å². The Bertz CT molecular complexity index is 581. The molecule has 0 unspecified atom stereocenters. The highest BCUT2D eigenvalue weighted by Gasteiger charge is 2.09. The minimum Gasteiger partial charge on any atom is -0.367 e. The van der Waals surface area contributed by atoms with Crippen LogP contribution in [0.25, 0.3) is 0 Å². The molecule has 0 heterocycles. The molecule has 0 aliphatic carbocycles. The number of aryl methyl sites for hydroxylation is 1. The van der Waals surface area contributed by atoms with Gasteiger partial charge < -0.3 is 10.6 Å². The zero-order valence-electron chi connectivity index (χ0n) is 12.1. The SMILES string of the molecule is CCN(Cc1cc(F)cc(CN)c1)c1ccccc1C. The molecular formula is C17H21FN2. The molecule has 0 aromatic heterocycles. The van der Waals surface area contributed by atoms with Crippen LogP contribution in [0.5, 0.6) is 0 Å². The van der Waals surface area contributed by atoms with Gasteiger partial charge in [-0.05, 0) is 48.7 Å². The van der Waals surface area contributed by atoms with E-state index in [1.807, 2.05) is 18.2 Å².